The van der Waals surface area contributed by atoms with Gasteiger partial charge in [0.15, 0.2) is 0 Å². The van der Waals surface area contributed by atoms with Crippen molar-refractivity contribution < 1.29 is 8.42 Å². The first-order chi connectivity index (χ1) is 11.1. The Kier molecular flexibility index (Phi) is 5.08. The van der Waals surface area contributed by atoms with Crippen LogP contribution in [0.3, 0.4) is 0 Å². The summed E-state index contributed by atoms with van der Waals surface area (Å²) in [6, 6.07) is 9.48. The van der Waals surface area contributed by atoms with Gasteiger partial charge in [-0.2, -0.15) is 0 Å². The Hall–Kier alpha value is -1.72. The molecular weight excluding hydrogens is 308 g/mol. The molecule has 23 heavy (non-hydrogen) atoms. The number of benzene rings is 1. The number of pyridine rings is 1. The molecule has 0 amide bonds. The summed E-state index contributed by atoms with van der Waals surface area (Å²) in [6.45, 7) is 0.472. The van der Waals surface area contributed by atoms with E-state index in [0.717, 1.165) is 38.5 Å². The van der Waals surface area contributed by atoms with Crippen LogP contribution in [0.15, 0.2) is 47.6 Å². The topological polar surface area (TPSA) is 59.1 Å². The van der Waals surface area contributed by atoms with Gasteiger partial charge in [-0.1, -0.05) is 12.1 Å². The molecule has 3 rings (SSSR count). The third-order valence-corrected chi connectivity index (χ3v) is 5.75. The summed E-state index contributed by atoms with van der Waals surface area (Å²) < 4.78 is 27.4. The zero-order valence-electron chi connectivity index (χ0n) is 13.2. The molecule has 1 aromatic heterocycles. The number of fused-ring (bicyclic) bond motifs is 1. The van der Waals surface area contributed by atoms with E-state index < -0.39 is 10.0 Å². The van der Waals surface area contributed by atoms with Crippen molar-refractivity contribution in [2.75, 3.05) is 6.54 Å². The number of unbranched alkanes of at least 4 members (excludes halogenated alkanes) is 1. The monoisotopic (exact) mass is 330 g/mol. The Morgan fingerprint density at radius 1 is 1.09 bits per heavy atom. The summed E-state index contributed by atoms with van der Waals surface area (Å²) in [7, 11) is -3.39. The van der Waals surface area contributed by atoms with Gasteiger partial charge in [0.2, 0.25) is 10.0 Å². The van der Waals surface area contributed by atoms with Crippen LogP contribution in [0.1, 0.15) is 36.0 Å². The quantitative estimate of drug-likeness (QED) is 0.794. The molecule has 1 aliphatic rings. The van der Waals surface area contributed by atoms with Crippen LogP contribution in [0.25, 0.3) is 0 Å². The number of nitrogens with zero attached hydrogens (tertiary/aromatic N) is 1. The van der Waals surface area contributed by atoms with Gasteiger partial charge in [0.1, 0.15) is 0 Å². The van der Waals surface area contributed by atoms with Crippen molar-refractivity contribution in [3.8, 4) is 0 Å². The van der Waals surface area contributed by atoms with E-state index in [-0.39, 0.29) is 0 Å². The van der Waals surface area contributed by atoms with Crippen LogP contribution in [0, 0.1) is 0 Å². The molecule has 0 radical (unpaired) electrons. The summed E-state index contributed by atoms with van der Waals surface area (Å²) in [4.78, 5) is 4.47. The summed E-state index contributed by atoms with van der Waals surface area (Å²) in [6.07, 6.45) is 9.48. The van der Waals surface area contributed by atoms with E-state index >= 15 is 0 Å². The first kappa shape index (κ1) is 16.1. The highest BCUT2D eigenvalue weighted by Crippen LogP contribution is 2.24. The lowest BCUT2D eigenvalue weighted by atomic mass is 10.1. The minimum absolute atomic E-state index is 0.394. The van der Waals surface area contributed by atoms with Gasteiger partial charge in [-0.3, -0.25) is 4.98 Å². The minimum Gasteiger partial charge on any atom is -0.264 e. The summed E-state index contributed by atoms with van der Waals surface area (Å²) >= 11 is 0. The SMILES string of the molecule is O=S(=O)(NCCCCc1cccnc1)c1ccc2c(c1)CCC2. The summed E-state index contributed by atoms with van der Waals surface area (Å²) in [5, 5.41) is 0. The van der Waals surface area contributed by atoms with Crippen LogP contribution < -0.4 is 4.72 Å². The van der Waals surface area contributed by atoms with Crippen molar-refractivity contribution in [1.82, 2.24) is 9.71 Å². The van der Waals surface area contributed by atoms with Gasteiger partial charge in [0.25, 0.3) is 0 Å². The maximum Gasteiger partial charge on any atom is 0.240 e. The van der Waals surface area contributed by atoms with Gasteiger partial charge in [0.05, 0.1) is 4.90 Å². The highest BCUT2D eigenvalue weighted by molar-refractivity contribution is 7.89. The molecule has 0 saturated carbocycles. The molecule has 2 aromatic rings. The van der Waals surface area contributed by atoms with E-state index in [4.69, 9.17) is 0 Å². The second-order valence-electron chi connectivity index (χ2n) is 6.00. The standard InChI is InChI=1S/C18H22N2O2S/c21-23(22,18-10-9-16-7-3-8-17(16)13-18)20-12-2-1-5-15-6-4-11-19-14-15/h4,6,9-11,13-14,20H,1-3,5,7-8,12H2. The first-order valence-electron chi connectivity index (χ1n) is 8.15. The van der Waals surface area contributed by atoms with E-state index in [0.29, 0.717) is 11.4 Å². The average molecular weight is 330 g/mol. The molecule has 0 fully saturated rings. The Bertz CT molecular complexity index is 758. The normalized spacial score (nSPS) is 13.9. The zero-order chi connectivity index (χ0) is 16.1. The molecule has 122 valence electrons. The molecule has 0 bridgehead atoms. The van der Waals surface area contributed by atoms with Gasteiger partial charge in [0, 0.05) is 18.9 Å². The highest BCUT2D eigenvalue weighted by atomic mass is 32.2. The maximum absolute atomic E-state index is 12.3. The van der Waals surface area contributed by atoms with Crippen LogP contribution in [0.5, 0.6) is 0 Å². The van der Waals surface area contributed by atoms with Gasteiger partial charge >= 0.3 is 0 Å². The largest absolute Gasteiger partial charge is 0.264 e. The number of aromatic nitrogens is 1. The van der Waals surface area contributed by atoms with Crippen molar-refractivity contribution in [2.45, 2.75) is 43.4 Å². The van der Waals surface area contributed by atoms with Crippen molar-refractivity contribution in [1.29, 1.82) is 0 Å². The minimum atomic E-state index is -3.39. The van der Waals surface area contributed by atoms with E-state index in [9.17, 15) is 8.42 Å². The van der Waals surface area contributed by atoms with Gasteiger partial charge < -0.3 is 0 Å². The van der Waals surface area contributed by atoms with Crippen molar-refractivity contribution in [2.24, 2.45) is 0 Å². The van der Waals surface area contributed by atoms with Crippen LogP contribution in [-0.4, -0.2) is 19.9 Å². The Morgan fingerprint density at radius 2 is 1.96 bits per heavy atom. The lowest BCUT2D eigenvalue weighted by molar-refractivity contribution is 0.576. The number of rotatable bonds is 7. The molecule has 1 aromatic carbocycles. The first-order valence-corrected chi connectivity index (χ1v) is 9.64. The molecule has 1 heterocycles. The lowest BCUT2D eigenvalue weighted by Crippen LogP contribution is -2.25. The van der Waals surface area contributed by atoms with E-state index in [1.807, 2.05) is 30.5 Å². The van der Waals surface area contributed by atoms with Gasteiger partial charge in [-0.05, 0) is 73.4 Å². The third-order valence-electron chi connectivity index (χ3n) is 4.29. The average Bonchev–Trinajstić information content (AvgIpc) is 3.03. The molecule has 1 N–H and O–H groups in total. The molecule has 1 aliphatic carbocycles. The third kappa shape index (κ3) is 4.18. The smallest absolute Gasteiger partial charge is 0.240 e. The molecule has 5 heteroatoms. The summed E-state index contributed by atoms with van der Waals surface area (Å²) in [5.41, 5.74) is 3.67. The second-order valence-corrected chi connectivity index (χ2v) is 7.77. The molecule has 0 unspecified atom stereocenters. The second kappa shape index (κ2) is 7.23. The van der Waals surface area contributed by atoms with Gasteiger partial charge in [-0.25, -0.2) is 13.1 Å². The predicted octanol–water partition coefficient (Wildman–Crippen LogP) is 2.87. The van der Waals surface area contributed by atoms with Crippen molar-refractivity contribution >= 4 is 10.0 Å². The van der Waals surface area contributed by atoms with E-state index in [1.54, 1.807) is 12.3 Å². The van der Waals surface area contributed by atoms with Crippen LogP contribution in [-0.2, 0) is 29.3 Å². The fourth-order valence-corrected chi connectivity index (χ4v) is 4.13. The van der Waals surface area contributed by atoms with E-state index in [2.05, 4.69) is 9.71 Å². The number of aryl methyl sites for hydroxylation is 3. The fraction of sp³-hybridized carbons (Fsp3) is 0.389. The molecule has 0 atom stereocenters. The van der Waals surface area contributed by atoms with Crippen LogP contribution in [0.2, 0.25) is 0 Å². The Labute approximate surface area is 138 Å². The molecule has 0 aliphatic heterocycles. The highest BCUT2D eigenvalue weighted by Gasteiger charge is 2.17. The van der Waals surface area contributed by atoms with E-state index in [1.165, 1.54) is 16.7 Å². The summed E-state index contributed by atoms with van der Waals surface area (Å²) in [5.74, 6) is 0. The molecular formula is C18H22N2O2S. The molecule has 4 nitrogen and oxygen atoms in total. The zero-order valence-corrected chi connectivity index (χ0v) is 14.0. The number of sulfonamides is 1. The number of nitrogens with one attached hydrogen (secondary N) is 1. The molecule has 0 spiro atoms. The number of hydrogen-bond acceptors (Lipinski definition) is 3. The predicted molar refractivity (Wildman–Crippen MR) is 90.8 cm³/mol. The Morgan fingerprint density at radius 3 is 2.78 bits per heavy atom. The Balaban J connectivity index is 1.49. The maximum atomic E-state index is 12.3. The van der Waals surface area contributed by atoms with Gasteiger partial charge in [-0.15, -0.1) is 0 Å². The van der Waals surface area contributed by atoms with Crippen LogP contribution >= 0.6 is 0 Å². The van der Waals surface area contributed by atoms with Crippen LogP contribution in [0.4, 0.5) is 0 Å². The lowest BCUT2D eigenvalue weighted by Gasteiger charge is -2.08. The van der Waals surface area contributed by atoms with Crippen molar-refractivity contribution in [3.63, 3.8) is 0 Å². The van der Waals surface area contributed by atoms with Crippen molar-refractivity contribution in [3.05, 3.63) is 59.4 Å². The number of hydrogen-bond donors (Lipinski definition) is 1. The fourth-order valence-electron chi connectivity index (χ4n) is 3.01. The molecule has 0 saturated heterocycles.